The summed E-state index contributed by atoms with van der Waals surface area (Å²) in [6.07, 6.45) is 2.05. The molecule has 0 aromatic heterocycles. The molecule has 1 fully saturated rings. The van der Waals surface area contributed by atoms with E-state index in [1.807, 2.05) is 13.0 Å². The number of Topliss-reactive ketones (excluding diaryl/α,β-unsaturated/α-hetero) is 1. The predicted octanol–water partition coefficient (Wildman–Crippen LogP) is 2.53. The molecular weight excluding hydrogens is 312 g/mol. The topological polar surface area (TPSA) is 85.2 Å². The van der Waals surface area contributed by atoms with E-state index < -0.39 is 12.6 Å². The summed E-state index contributed by atoms with van der Waals surface area (Å²) < 4.78 is 16.2. The number of phenolic OH excluding ortho intramolecular Hbond substituents is 2. The smallest absolute Gasteiger partial charge is 0.183 e. The Morgan fingerprint density at radius 3 is 2.62 bits per heavy atom. The van der Waals surface area contributed by atoms with Crippen LogP contribution >= 0.6 is 0 Å². The minimum absolute atomic E-state index is 0.0723. The largest absolute Gasteiger partial charge is 0.504 e. The van der Waals surface area contributed by atoms with Gasteiger partial charge in [-0.15, -0.1) is 0 Å². The summed E-state index contributed by atoms with van der Waals surface area (Å²) in [5.41, 5.74) is 1.60. The van der Waals surface area contributed by atoms with Crippen molar-refractivity contribution in [3.05, 3.63) is 35.4 Å². The molecule has 6 nitrogen and oxygen atoms in total. The number of benzene rings is 1. The third-order valence-electron chi connectivity index (χ3n) is 4.28. The molecule has 0 bridgehead atoms. The van der Waals surface area contributed by atoms with E-state index in [9.17, 15) is 15.0 Å². The lowest BCUT2D eigenvalue weighted by Crippen LogP contribution is -2.40. The molecule has 0 aliphatic carbocycles. The molecule has 1 heterocycles. The maximum atomic E-state index is 12.7. The van der Waals surface area contributed by atoms with Gasteiger partial charge in [0.15, 0.2) is 24.1 Å². The van der Waals surface area contributed by atoms with Crippen molar-refractivity contribution in [2.24, 2.45) is 5.92 Å². The van der Waals surface area contributed by atoms with Crippen LogP contribution in [0.25, 0.3) is 0 Å². The van der Waals surface area contributed by atoms with Gasteiger partial charge in [0.1, 0.15) is 5.78 Å². The zero-order chi connectivity index (χ0) is 17.7. The summed E-state index contributed by atoms with van der Waals surface area (Å²) in [7, 11) is 3.08. The number of aryl methyl sites for hydroxylation is 1. The highest BCUT2D eigenvalue weighted by Crippen LogP contribution is 2.33. The second kappa shape index (κ2) is 8.28. The lowest BCUT2D eigenvalue weighted by atomic mass is 9.85. The number of allylic oxidation sites excluding steroid dienone is 1. The number of carbonyl (C=O) groups excluding carboxylic acids is 1. The van der Waals surface area contributed by atoms with E-state index in [1.54, 1.807) is 13.2 Å². The zero-order valence-electron chi connectivity index (χ0n) is 14.2. The number of phenols is 2. The molecule has 0 unspecified atom stereocenters. The highest BCUT2D eigenvalue weighted by molar-refractivity contribution is 5.84. The first-order valence-electron chi connectivity index (χ1n) is 7.90. The van der Waals surface area contributed by atoms with Crippen molar-refractivity contribution in [1.29, 1.82) is 0 Å². The van der Waals surface area contributed by atoms with Crippen LogP contribution in [0.3, 0.4) is 0 Å². The number of aromatic hydroxyl groups is 2. The normalized spacial score (nSPS) is 25.8. The number of ketones is 1. The van der Waals surface area contributed by atoms with Crippen LogP contribution in [-0.4, -0.2) is 42.8 Å². The van der Waals surface area contributed by atoms with Crippen LogP contribution in [0, 0.1) is 5.92 Å². The fourth-order valence-corrected chi connectivity index (χ4v) is 2.93. The Morgan fingerprint density at radius 1 is 1.29 bits per heavy atom. The summed E-state index contributed by atoms with van der Waals surface area (Å²) in [6, 6.07) is 4.58. The number of carbonyl (C=O) groups is 1. The summed E-state index contributed by atoms with van der Waals surface area (Å²) >= 11 is 0. The Labute approximate surface area is 141 Å². The molecule has 3 atom stereocenters. The third-order valence-corrected chi connectivity index (χ3v) is 4.28. The fraction of sp³-hybridized carbons (Fsp3) is 0.500. The molecule has 0 spiro atoms. The van der Waals surface area contributed by atoms with Crippen LogP contribution in [-0.2, 0) is 25.4 Å². The molecule has 132 valence electrons. The molecule has 1 aliphatic rings. The van der Waals surface area contributed by atoms with Crippen molar-refractivity contribution >= 4 is 5.78 Å². The molecule has 2 N–H and O–H groups in total. The molecule has 2 rings (SSSR count). The summed E-state index contributed by atoms with van der Waals surface area (Å²) in [4.78, 5) is 12.7. The Morgan fingerprint density at radius 2 is 2.04 bits per heavy atom. The first-order valence-corrected chi connectivity index (χ1v) is 7.90. The van der Waals surface area contributed by atoms with Gasteiger partial charge in [0, 0.05) is 33.0 Å². The number of hydrogen-bond donors (Lipinski definition) is 2. The summed E-state index contributed by atoms with van der Waals surface area (Å²) in [5, 5.41) is 18.9. The van der Waals surface area contributed by atoms with Gasteiger partial charge < -0.3 is 24.4 Å². The monoisotopic (exact) mass is 336 g/mol. The quantitative estimate of drug-likeness (QED) is 0.613. The number of rotatable bonds is 6. The second-order valence-corrected chi connectivity index (χ2v) is 5.74. The molecule has 0 saturated carbocycles. The Balaban J connectivity index is 2.06. The predicted molar refractivity (Wildman–Crippen MR) is 87.6 cm³/mol. The lowest BCUT2D eigenvalue weighted by Gasteiger charge is -2.35. The Bertz CT molecular complexity index is 610. The van der Waals surface area contributed by atoms with Gasteiger partial charge in [-0.3, -0.25) is 4.79 Å². The van der Waals surface area contributed by atoms with Gasteiger partial charge in [-0.2, -0.15) is 0 Å². The fourth-order valence-electron chi connectivity index (χ4n) is 2.93. The van der Waals surface area contributed by atoms with Crippen molar-refractivity contribution in [2.45, 2.75) is 38.8 Å². The molecule has 1 aromatic rings. The standard InChI is InChI=1S/C18H24O6/c1-4-12-13(10-17(22-2)24-18(12)23-3)14(19)7-5-11-6-8-15(20)16(21)9-11/h4,6,8-9,13,17-18,20-21H,5,7,10H2,1-3H3/b12-4-/t13-,17-,18+/m0/s1. The lowest BCUT2D eigenvalue weighted by molar-refractivity contribution is -0.237. The summed E-state index contributed by atoms with van der Waals surface area (Å²) in [5.74, 6) is -0.594. The molecule has 24 heavy (non-hydrogen) atoms. The maximum absolute atomic E-state index is 12.7. The SMILES string of the molecule is C/C=C1\[C@H](OC)O[C@H](OC)C[C@@H]1C(=O)CCc1ccc(O)c(O)c1. The molecular formula is C18H24O6. The van der Waals surface area contributed by atoms with Crippen molar-refractivity contribution < 1.29 is 29.2 Å². The van der Waals surface area contributed by atoms with E-state index in [0.29, 0.717) is 19.3 Å². The average molecular weight is 336 g/mol. The Kier molecular flexibility index (Phi) is 6.36. The van der Waals surface area contributed by atoms with Crippen molar-refractivity contribution in [2.75, 3.05) is 14.2 Å². The summed E-state index contributed by atoms with van der Waals surface area (Å²) in [6.45, 7) is 1.86. The van der Waals surface area contributed by atoms with Gasteiger partial charge in [0.05, 0.1) is 0 Å². The highest BCUT2D eigenvalue weighted by Gasteiger charge is 2.37. The number of hydrogen-bond acceptors (Lipinski definition) is 6. The molecule has 6 heteroatoms. The van der Waals surface area contributed by atoms with Crippen LogP contribution in [0.15, 0.2) is 29.8 Å². The molecule has 0 amide bonds. The molecule has 1 saturated heterocycles. The number of ether oxygens (including phenoxy) is 3. The Hall–Kier alpha value is -1.89. The highest BCUT2D eigenvalue weighted by atomic mass is 16.8. The first kappa shape index (κ1) is 18.4. The van der Waals surface area contributed by atoms with Crippen molar-refractivity contribution in [1.82, 2.24) is 0 Å². The first-order chi connectivity index (χ1) is 11.5. The van der Waals surface area contributed by atoms with E-state index in [4.69, 9.17) is 14.2 Å². The van der Waals surface area contributed by atoms with Crippen LogP contribution in [0.5, 0.6) is 11.5 Å². The minimum atomic E-state index is -0.583. The van der Waals surface area contributed by atoms with E-state index >= 15 is 0 Å². The van der Waals surface area contributed by atoms with Crippen LogP contribution in [0.4, 0.5) is 0 Å². The van der Waals surface area contributed by atoms with Crippen molar-refractivity contribution in [3.8, 4) is 11.5 Å². The maximum Gasteiger partial charge on any atom is 0.183 e. The van der Waals surface area contributed by atoms with E-state index in [1.165, 1.54) is 19.2 Å². The van der Waals surface area contributed by atoms with E-state index in [2.05, 4.69) is 0 Å². The van der Waals surface area contributed by atoms with Crippen LogP contribution < -0.4 is 0 Å². The molecule has 1 aliphatic heterocycles. The molecule has 1 aromatic carbocycles. The minimum Gasteiger partial charge on any atom is -0.504 e. The second-order valence-electron chi connectivity index (χ2n) is 5.74. The van der Waals surface area contributed by atoms with Crippen LogP contribution in [0.2, 0.25) is 0 Å². The van der Waals surface area contributed by atoms with Gasteiger partial charge in [-0.05, 0) is 36.6 Å². The van der Waals surface area contributed by atoms with Crippen LogP contribution in [0.1, 0.15) is 25.3 Å². The van der Waals surface area contributed by atoms with Crippen molar-refractivity contribution in [3.63, 3.8) is 0 Å². The number of methoxy groups -OCH3 is 2. The van der Waals surface area contributed by atoms with Gasteiger partial charge in [-0.1, -0.05) is 12.1 Å². The third kappa shape index (κ3) is 4.14. The van der Waals surface area contributed by atoms with Gasteiger partial charge >= 0.3 is 0 Å². The van der Waals surface area contributed by atoms with E-state index in [0.717, 1.165) is 11.1 Å². The van der Waals surface area contributed by atoms with Gasteiger partial charge in [0.25, 0.3) is 0 Å². The van der Waals surface area contributed by atoms with E-state index in [-0.39, 0.29) is 23.2 Å². The average Bonchev–Trinajstić information content (AvgIpc) is 2.60. The van der Waals surface area contributed by atoms with Gasteiger partial charge in [0.2, 0.25) is 0 Å². The molecule has 0 radical (unpaired) electrons. The zero-order valence-corrected chi connectivity index (χ0v) is 14.2. The van der Waals surface area contributed by atoms with Gasteiger partial charge in [-0.25, -0.2) is 0 Å².